The first-order chi connectivity index (χ1) is 21.4. The Hall–Kier alpha value is -4.27. The van der Waals surface area contributed by atoms with Crippen molar-refractivity contribution in [3.05, 3.63) is 59.4 Å². The van der Waals surface area contributed by atoms with Gasteiger partial charge in [-0.3, -0.25) is 14.5 Å². The van der Waals surface area contributed by atoms with Gasteiger partial charge in [0.05, 0.1) is 31.6 Å². The molecule has 0 radical (unpaired) electrons. The molecule has 44 heavy (non-hydrogen) atoms. The number of aliphatic hydroxyl groups is 1. The normalized spacial score (nSPS) is 17.9. The summed E-state index contributed by atoms with van der Waals surface area (Å²) in [6, 6.07) is 7.80. The standard InChI is InChI=1S/C30H38N8O6/c1-20(39)37-6-8-38(9-7-37)30-34-27(11-28(35-30)33-23-16-42-17-23)29(41)32-12-24(40)15-36-5-4-21-10-25(3-2-22(21)14-36)43-18-26-13-31-19-44-26/h2-3,10-11,13,19,23-24,40H,4-9,12,14-18H2,1H3,(H,32,41)(H,33,34,35). The van der Waals surface area contributed by atoms with Gasteiger partial charge in [-0.25, -0.2) is 9.97 Å². The number of β-amino-alcohol motifs (C(OH)–C–C–N with tert-alkyl or cyclic N) is 1. The van der Waals surface area contributed by atoms with Gasteiger partial charge in [0, 0.05) is 65.3 Å². The summed E-state index contributed by atoms with van der Waals surface area (Å²) in [6.45, 7) is 7.33. The number of nitrogens with zero attached hydrogens (tertiary/aromatic N) is 6. The van der Waals surface area contributed by atoms with Gasteiger partial charge in [-0.05, 0) is 29.7 Å². The van der Waals surface area contributed by atoms with Crippen molar-refractivity contribution in [2.45, 2.75) is 38.6 Å². The van der Waals surface area contributed by atoms with E-state index in [0.29, 0.717) is 76.6 Å². The Morgan fingerprint density at radius 3 is 2.68 bits per heavy atom. The van der Waals surface area contributed by atoms with Crippen LogP contribution in [0.5, 0.6) is 5.75 Å². The van der Waals surface area contributed by atoms with Crippen LogP contribution in [0.4, 0.5) is 11.8 Å². The van der Waals surface area contributed by atoms with Gasteiger partial charge in [0.15, 0.2) is 12.2 Å². The predicted octanol–water partition coefficient (Wildman–Crippen LogP) is 0.672. The SMILES string of the molecule is CC(=O)N1CCN(c2nc(NC3COC3)cc(C(=O)NCC(O)CN3CCc4cc(OCc5cnco5)ccc4C3)n2)CC1. The highest BCUT2D eigenvalue weighted by atomic mass is 16.5. The molecule has 2 amide bonds. The molecule has 1 atom stereocenters. The fourth-order valence-electron chi connectivity index (χ4n) is 5.48. The molecule has 3 aromatic rings. The molecule has 2 saturated heterocycles. The van der Waals surface area contributed by atoms with E-state index in [1.165, 1.54) is 17.5 Å². The van der Waals surface area contributed by atoms with Crippen molar-refractivity contribution < 1.29 is 28.6 Å². The number of nitrogens with one attached hydrogen (secondary N) is 2. The van der Waals surface area contributed by atoms with E-state index < -0.39 is 6.10 Å². The molecular weight excluding hydrogens is 568 g/mol. The average Bonchev–Trinajstić information content (AvgIpc) is 3.54. The van der Waals surface area contributed by atoms with Crippen LogP contribution in [-0.2, 0) is 29.1 Å². The zero-order valence-electron chi connectivity index (χ0n) is 24.8. The summed E-state index contributed by atoms with van der Waals surface area (Å²) in [5.74, 6) is 2.08. The van der Waals surface area contributed by atoms with Crippen molar-refractivity contribution in [2.24, 2.45) is 0 Å². The molecule has 6 rings (SSSR count). The van der Waals surface area contributed by atoms with E-state index in [-0.39, 0.29) is 30.1 Å². The fourth-order valence-corrected chi connectivity index (χ4v) is 5.48. The van der Waals surface area contributed by atoms with Gasteiger partial charge in [-0.2, -0.15) is 4.98 Å². The molecule has 0 bridgehead atoms. The Balaban J connectivity index is 1.02. The van der Waals surface area contributed by atoms with Crippen molar-refractivity contribution in [3.8, 4) is 5.75 Å². The molecule has 3 aliphatic rings. The lowest BCUT2D eigenvalue weighted by Gasteiger charge is -2.34. The van der Waals surface area contributed by atoms with Gasteiger partial charge >= 0.3 is 0 Å². The van der Waals surface area contributed by atoms with Crippen LogP contribution in [0, 0.1) is 0 Å². The Bertz CT molecular complexity index is 1440. The summed E-state index contributed by atoms with van der Waals surface area (Å²) < 4.78 is 16.3. The van der Waals surface area contributed by atoms with Crippen LogP contribution in [0.3, 0.4) is 0 Å². The molecule has 5 heterocycles. The minimum Gasteiger partial charge on any atom is -0.486 e. The summed E-state index contributed by atoms with van der Waals surface area (Å²) >= 11 is 0. The van der Waals surface area contributed by atoms with Crippen LogP contribution in [0.15, 0.2) is 41.3 Å². The van der Waals surface area contributed by atoms with E-state index in [1.54, 1.807) is 24.1 Å². The lowest BCUT2D eigenvalue weighted by atomic mass is 9.99. The van der Waals surface area contributed by atoms with Crippen molar-refractivity contribution in [3.63, 3.8) is 0 Å². The van der Waals surface area contributed by atoms with Gasteiger partial charge in [-0.15, -0.1) is 0 Å². The van der Waals surface area contributed by atoms with E-state index in [0.717, 1.165) is 18.7 Å². The molecule has 2 aromatic heterocycles. The number of anilines is 2. The number of amides is 2. The maximum absolute atomic E-state index is 13.2. The topological polar surface area (TPSA) is 158 Å². The predicted molar refractivity (Wildman–Crippen MR) is 159 cm³/mol. The van der Waals surface area contributed by atoms with E-state index in [9.17, 15) is 14.7 Å². The number of fused-ring (bicyclic) bond motifs is 1. The number of hydrogen-bond donors (Lipinski definition) is 3. The zero-order valence-corrected chi connectivity index (χ0v) is 24.8. The number of aromatic nitrogens is 3. The Kier molecular flexibility index (Phi) is 9.19. The van der Waals surface area contributed by atoms with Crippen LogP contribution in [0.2, 0.25) is 0 Å². The number of aliphatic hydroxyl groups excluding tert-OH is 1. The van der Waals surface area contributed by atoms with E-state index in [1.807, 2.05) is 11.0 Å². The van der Waals surface area contributed by atoms with Gasteiger partial charge in [0.2, 0.25) is 11.9 Å². The maximum atomic E-state index is 13.2. The first-order valence-corrected chi connectivity index (χ1v) is 14.9. The van der Waals surface area contributed by atoms with Crippen molar-refractivity contribution in [1.82, 2.24) is 30.1 Å². The number of carbonyl (C=O) groups excluding carboxylic acids is 2. The molecule has 2 fully saturated rings. The molecule has 1 unspecified atom stereocenters. The zero-order chi connectivity index (χ0) is 30.5. The number of carbonyl (C=O) groups is 2. The molecule has 3 N–H and O–H groups in total. The number of ether oxygens (including phenoxy) is 2. The van der Waals surface area contributed by atoms with Crippen LogP contribution in [0.1, 0.15) is 34.3 Å². The van der Waals surface area contributed by atoms with Crippen molar-refractivity contribution in [2.75, 3.05) is 69.2 Å². The Morgan fingerprint density at radius 1 is 1.11 bits per heavy atom. The first kappa shape index (κ1) is 29.8. The third-order valence-corrected chi connectivity index (χ3v) is 8.05. The summed E-state index contributed by atoms with van der Waals surface area (Å²) in [7, 11) is 0. The average molecular weight is 607 g/mol. The van der Waals surface area contributed by atoms with Crippen LogP contribution >= 0.6 is 0 Å². The summed E-state index contributed by atoms with van der Waals surface area (Å²) in [5.41, 5.74) is 2.63. The van der Waals surface area contributed by atoms with Gasteiger partial charge in [0.1, 0.15) is 23.9 Å². The largest absolute Gasteiger partial charge is 0.486 e. The Labute approximate surface area is 255 Å². The number of rotatable bonds is 11. The van der Waals surface area contributed by atoms with Crippen molar-refractivity contribution in [1.29, 1.82) is 0 Å². The summed E-state index contributed by atoms with van der Waals surface area (Å²) in [6.07, 6.45) is 3.10. The Morgan fingerprint density at radius 2 is 1.95 bits per heavy atom. The molecule has 234 valence electrons. The monoisotopic (exact) mass is 606 g/mol. The lowest BCUT2D eigenvalue weighted by molar-refractivity contribution is -0.129. The maximum Gasteiger partial charge on any atom is 0.270 e. The first-order valence-electron chi connectivity index (χ1n) is 14.9. The van der Waals surface area contributed by atoms with E-state index in [4.69, 9.17) is 13.9 Å². The minimum atomic E-state index is -0.754. The van der Waals surface area contributed by atoms with Crippen LogP contribution < -0.4 is 20.3 Å². The lowest BCUT2D eigenvalue weighted by Crippen LogP contribution is -2.49. The quantitative estimate of drug-likeness (QED) is 0.281. The molecular formula is C30H38N8O6. The van der Waals surface area contributed by atoms with Crippen LogP contribution in [-0.4, -0.2) is 113 Å². The van der Waals surface area contributed by atoms with Crippen molar-refractivity contribution >= 4 is 23.6 Å². The molecule has 3 aliphatic heterocycles. The summed E-state index contributed by atoms with van der Waals surface area (Å²) in [4.78, 5) is 44.0. The highest BCUT2D eigenvalue weighted by Crippen LogP contribution is 2.25. The fraction of sp³-hybridized carbons (Fsp3) is 0.500. The van der Waals surface area contributed by atoms with Gasteiger partial charge < -0.3 is 39.4 Å². The molecule has 0 aliphatic carbocycles. The molecule has 1 aromatic carbocycles. The van der Waals surface area contributed by atoms with Gasteiger partial charge in [0.25, 0.3) is 5.91 Å². The number of benzene rings is 1. The third-order valence-electron chi connectivity index (χ3n) is 8.05. The summed E-state index contributed by atoms with van der Waals surface area (Å²) in [5, 5.41) is 17.0. The smallest absolute Gasteiger partial charge is 0.270 e. The number of piperazine rings is 1. The number of hydrogen-bond acceptors (Lipinski definition) is 12. The van der Waals surface area contributed by atoms with E-state index >= 15 is 0 Å². The van der Waals surface area contributed by atoms with E-state index in [2.05, 4.69) is 42.6 Å². The molecule has 0 spiro atoms. The second-order valence-corrected chi connectivity index (χ2v) is 11.3. The van der Waals surface area contributed by atoms with Crippen LogP contribution in [0.25, 0.3) is 0 Å². The number of oxazole rings is 1. The molecule has 14 nitrogen and oxygen atoms in total. The second-order valence-electron chi connectivity index (χ2n) is 11.3. The van der Waals surface area contributed by atoms with Gasteiger partial charge in [-0.1, -0.05) is 6.07 Å². The third kappa shape index (κ3) is 7.44. The molecule has 14 heteroatoms. The molecule has 0 saturated carbocycles. The highest BCUT2D eigenvalue weighted by Gasteiger charge is 2.25. The second kappa shape index (κ2) is 13.6. The minimum absolute atomic E-state index is 0.0391. The highest BCUT2D eigenvalue weighted by molar-refractivity contribution is 5.93.